The molecule has 1 saturated heterocycles. The molecule has 30 heavy (non-hydrogen) atoms. The average Bonchev–Trinajstić information content (AvgIpc) is 3.15. The first kappa shape index (κ1) is 20.6. The number of likely N-dealkylation sites (tertiary alicyclic amines) is 1. The number of methoxy groups -OCH3 is 1. The fourth-order valence-electron chi connectivity index (χ4n) is 3.68. The van der Waals surface area contributed by atoms with E-state index in [2.05, 4.69) is 21.9 Å². The van der Waals surface area contributed by atoms with Crippen molar-refractivity contribution >= 4 is 11.6 Å². The van der Waals surface area contributed by atoms with Crippen molar-refractivity contribution in [3.63, 3.8) is 0 Å². The Labute approximate surface area is 180 Å². The summed E-state index contributed by atoms with van der Waals surface area (Å²) in [6, 6.07) is 10.9. The Morgan fingerprint density at radius 3 is 2.67 bits per heavy atom. The van der Waals surface area contributed by atoms with Crippen LogP contribution in [0.5, 0.6) is 11.8 Å². The van der Waals surface area contributed by atoms with E-state index in [0.717, 1.165) is 25.1 Å². The van der Waals surface area contributed by atoms with E-state index < -0.39 is 0 Å². The molecule has 1 aliphatic rings. The van der Waals surface area contributed by atoms with Gasteiger partial charge in [-0.25, -0.2) is 14.4 Å². The van der Waals surface area contributed by atoms with Crippen LogP contribution in [0.2, 0.25) is 5.02 Å². The molecule has 7 heteroatoms. The normalized spacial score (nSPS) is 16.6. The van der Waals surface area contributed by atoms with Crippen molar-refractivity contribution in [1.82, 2.24) is 14.9 Å². The van der Waals surface area contributed by atoms with E-state index in [-0.39, 0.29) is 11.9 Å². The Bertz CT molecular complexity index is 1030. The van der Waals surface area contributed by atoms with E-state index in [1.807, 2.05) is 6.07 Å². The maximum absolute atomic E-state index is 15.4. The Morgan fingerprint density at radius 2 is 2.00 bits per heavy atom. The summed E-state index contributed by atoms with van der Waals surface area (Å²) in [6.07, 6.45) is 4.80. The summed E-state index contributed by atoms with van der Waals surface area (Å²) in [5.74, 6) is 0.117. The zero-order chi connectivity index (χ0) is 21.1. The lowest BCUT2D eigenvalue weighted by Crippen LogP contribution is -2.22. The standard InChI is InChI=1S/C23H23ClFN3O2/c1-28-9-8-19(14-28)30-23-26-12-15(13-27-23)10-17-6-7-20(29-2)21(22(17)25)16-4-3-5-18(24)11-16/h3-7,11-13,19H,8-10,14H2,1-2H3/t19-/m1/s1. The van der Waals surface area contributed by atoms with Gasteiger partial charge >= 0.3 is 6.01 Å². The third kappa shape index (κ3) is 4.55. The lowest BCUT2D eigenvalue weighted by Gasteiger charge is -2.14. The molecule has 0 amide bonds. The topological polar surface area (TPSA) is 47.5 Å². The number of halogens is 2. The first-order valence-electron chi connectivity index (χ1n) is 9.81. The fraction of sp³-hybridized carbons (Fsp3) is 0.304. The molecule has 0 aliphatic carbocycles. The van der Waals surface area contributed by atoms with E-state index >= 15 is 4.39 Å². The average molecular weight is 428 g/mol. The molecule has 1 fully saturated rings. The van der Waals surface area contributed by atoms with Crippen LogP contribution in [0.4, 0.5) is 4.39 Å². The number of likely N-dealkylation sites (N-methyl/N-ethyl adjacent to an activating group) is 1. The third-order valence-corrected chi connectivity index (χ3v) is 5.45. The summed E-state index contributed by atoms with van der Waals surface area (Å²) in [7, 11) is 3.59. The van der Waals surface area contributed by atoms with Crippen LogP contribution in [0.25, 0.3) is 11.1 Å². The number of benzene rings is 2. The number of hydrogen-bond donors (Lipinski definition) is 0. The van der Waals surface area contributed by atoms with Crippen molar-refractivity contribution in [3.8, 4) is 22.9 Å². The zero-order valence-electron chi connectivity index (χ0n) is 16.9. The van der Waals surface area contributed by atoms with Crippen LogP contribution < -0.4 is 9.47 Å². The van der Waals surface area contributed by atoms with E-state index in [0.29, 0.717) is 39.9 Å². The van der Waals surface area contributed by atoms with Crippen molar-refractivity contribution < 1.29 is 13.9 Å². The molecule has 0 unspecified atom stereocenters. The molecule has 156 valence electrons. The van der Waals surface area contributed by atoms with E-state index in [1.165, 1.54) is 7.11 Å². The van der Waals surface area contributed by atoms with Gasteiger partial charge in [0.1, 0.15) is 17.7 Å². The summed E-state index contributed by atoms with van der Waals surface area (Å²) >= 11 is 6.10. The van der Waals surface area contributed by atoms with Crippen molar-refractivity contribution in [3.05, 3.63) is 70.8 Å². The highest BCUT2D eigenvalue weighted by Gasteiger charge is 2.22. The molecule has 2 heterocycles. The lowest BCUT2D eigenvalue weighted by atomic mass is 9.98. The maximum Gasteiger partial charge on any atom is 0.316 e. The van der Waals surface area contributed by atoms with Crippen LogP contribution in [-0.2, 0) is 6.42 Å². The Balaban J connectivity index is 1.55. The van der Waals surface area contributed by atoms with E-state index in [4.69, 9.17) is 21.1 Å². The van der Waals surface area contributed by atoms with Crippen molar-refractivity contribution in [2.45, 2.75) is 18.9 Å². The second-order valence-electron chi connectivity index (χ2n) is 7.47. The van der Waals surface area contributed by atoms with Gasteiger partial charge in [0.15, 0.2) is 0 Å². The first-order valence-corrected chi connectivity index (χ1v) is 10.2. The minimum absolute atomic E-state index is 0.111. The van der Waals surface area contributed by atoms with Gasteiger partial charge in [0.25, 0.3) is 0 Å². The molecule has 1 aliphatic heterocycles. The van der Waals surface area contributed by atoms with Gasteiger partial charge in [-0.05, 0) is 48.4 Å². The van der Waals surface area contributed by atoms with Gasteiger partial charge in [0.05, 0.1) is 12.7 Å². The lowest BCUT2D eigenvalue weighted by molar-refractivity contribution is 0.191. The monoisotopic (exact) mass is 427 g/mol. The molecule has 1 atom stereocenters. The van der Waals surface area contributed by atoms with Crippen LogP contribution in [0.3, 0.4) is 0 Å². The Morgan fingerprint density at radius 1 is 1.20 bits per heavy atom. The third-order valence-electron chi connectivity index (χ3n) is 5.21. The highest BCUT2D eigenvalue weighted by atomic mass is 35.5. The smallest absolute Gasteiger partial charge is 0.316 e. The van der Waals surface area contributed by atoms with Crippen molar-refractivity contribution in [2.75, 3.05) is 27.2 Å². The molecular formula is C23H23ClFN3O2. The van der Waals surface area contributed by atoms with E-state index in [1.54, 1.807) is 42.7 Å². The van der Waals surface area contributed by atoms with Gasteiger partial charge in [0.2, 0.25) is 0 Å². The summed E-state index contributed by atoms with van der Waals surface area (Å²) in [6.45, 7) is 1.88. The second-order valence-corrected chi connectivity index (χ2v) is 7.90. The molecule has 1 aromatic heterocycles. The molecule has 0 bridgehead atoms. The van der Waals surface area contributed by atoms with Gasteiger partial charge in [-0.1, -0.05) is 29.8 Å². The second kappa shape index (κ2) is 8.98. The minimum atomic E-state index is -0.342. The quantitative estimate of drug-likeness (QED) is 0.574. The summed E-state index contributed by atoms with van der Waals surface area (Å²) in [4.78, 5) is 10.8. The molecular weight excluding hydrogens is 405 g/mol. The summed E-state index contributed by atoms with van der Waals surface area (Å²) in [5, 5.41) is 0.539. The van der Waals surface area contributed by atoms with Gasteiger partial charge in [-0.2, -0.15) is 0 Å². The SMILES string of the molecule is COc1ccc(Cc2cnc(O[C@@H]3CCN(C)C3)nc2)c(F)c1-c1cccc(Cl)c1. The molecule has 5 nitrogen and oxygen atoms in total. The molecule has 0 N–H and O–H groups in total. The van der Waals surface area contributed by atoms with Crippen LogP contribution in [0.15, 0.2) is 48.8 Å². The number of hydrogen-bond acceptors (Lipinski definition) is 5. The van der Waals surface area contributed by atoms with Crippen LogP contribution >= 0.6 is 11.6 Å². The molecule has 3 aromatic rings. The highest BCUT2D eigenvalue weighted by Crippen LogP contribution is 2.36. The fourth-order valence-corrected chi connectivity index (χ4v) is 3.87. The largest absolute Gasteiger partial charge is 0.496 e. The number of nitrogens with zero attached hydrogens (tertiary/aromatic N) is 3. The maximum atomic E-state index is 15.4. The van der Waals surface area contributed by atoms with Crippen molar-refractivity contribution in [1.29, 1.82) is 0 Å². The molecule has 0 saturated carbocycles. The van der Waals surface area contributed by atoms with Gasteiger partial charge in [0, 0.05) is 36.9 Å². The highest BCUT2D eigenvalue weighted by molar-refractivity contribution is 6.30. The Hall–Kier alpha value is -2.70. The molecule has 4 rings (SSSR count). The minimum Gasteiger partial charge on any atom is -0.496 e. The molecule has 0 radical (unpaired) electrons. The predicted octanol–water partition coefficient (Wildman–Crippen LogP) is 4.62. The summed E-state index contributed by atoms with van der Waals surface area (Å²) < 4.78 is 26.6. The Kier molecular flexibility index (Phi) is 6.16. The van der Waals surface area contributed by atoms with Crippen LogP contribution in [-0.4, -0.2) is 48.2 Å². The van der Waals surface area contributed by atoms with Crippen LogP contribution in [0.1, 0.15) is 17.5 Å². The number of aromatic nitrogens is 2. The predicted molar refractivity (Wildman–Crippen MR) is 115 cm³/mol. The number of ether oxygens (including phenoxy) is 2. The van der Waals surface area contributed by atoms with Gasteiger partial charge in [-0.15, -0.1) is 0 Å². The molecule has 2 aromatic carbocycles. The van der Waals surface area contributed by atoms with Gasteiger partial charge in [-0.3, -0.25) is 0 Å². The summed E-state index contributed by atoms with van der Waals surface area (Å²) in [5.41, 5.74) is 2.39. The van der Waals surface area contributed by atoms with E-state index in [9.17, 15) is 0 Å². The molecule has 0 spiro atoms. The zero-order valence-corrected chi connectivity index (χ0v) is 17.7. The van der Waals surface area contributed by atoms with Crippen LogP contribution in [0, 0.1) is 5.82 Å². The number of rotatable bonds is 6. The van der Waals surface area contributed by atoms with Gasteiger partial charge < -0.3 is 14.4 Å². The van der Waals surface area contributed by atoms with Crippen molar-refractivity contribution in [2.24, 2.45) is 0 Å². The first-order chi connectivity index (χ1) is 14.5.